The number of thiophene rings is 1. The van der Waals surface area contributed by atoms with E-state index in [2.05, 4.69) is 5.32 Å². The number of hydrogen-bond acceptors (Lipinski definition) is 4. The van der Waals surface area contributed by atoms with Crippen LogP contribution in [0.4, 0.5) is 0 Å². The Labute approximate surface area is 145 Å². The lowest BCUT2D eigenvalue weighted by molar-refractivity contribution is -0.135. The topological polar surface area (TPSA) is 58.6 Å². The van der Waals surface area contributed by atoms with Crippen molar-refractivity contribution < 1.29 is 14.3 Å². The van der Waals surface area contributed by atoms with Gasteiger partial charge in [-0.1, -0.05) is 18.2 Å². The van der Waals surface area contributed by atoms with Crippen LogP contribution in [0.25, 0.3) is 0 Å². The molecule has 0 aliphatic carbocycles. The number of nitrogens with one attached hydrogen (secondary N) is 1. The summed E-state index contributed by atoms with van der Waals surface area (Å²) in [4.78, 5) is 27.4. The van der Waals surface area contributed by atoms with Gasteiger partial charge in [0.05, 0.1) is 13.7 Å². The molecule has 1 aromatic carbocycles. The minimum atomic E-state index is -0.377. The monoisotopic (exact) mass is 344 g/mol. The number of carbonyl (C=O) groups is 2. The Kier molecular flexibility index (Phi) is 5.15. The fraction of sp³-hybridized carbons (Fsp3) is 0.333. The summed E-state index contributed by atoms with van der Waals surface area (Å²) < 4.78 is 5.12. The molecule has 24 heavy (non-hydrogen) atoms. The Balaban J connectivity index is 1.59. The van der Waals surface area contributed by atoms with Gasteiger partial charge in [-0.05, 0) is 35.6 Å². The van der Waals surface area contributed by atoms with Crippen LogP contribution >= 0.6 is 11.3 Å². The number of likely N-dealkylation sites (tertiary alicyclic amines) is 1. The molecule has 0 radical (unpaired) electrons. The highest BCUT2D eigenvalue weighted by atomic mass is 32.1. The van der Waals surface area contributed by atoms with Gasteiger partial charge < -0.3 is 15.0 Å². The summed E-state index contributed by atoms with van der Waals surface area (Å²) in [5, 5.41) is 4.92. The number of rotatable bonds is 6. The average molecular weight is 344 g/mol. The zero-order valence-corrected chi connectivity index (χ0v) is 14.3. The van der Waals surface area contributed by atoms with Gasteiger partial charge in [0.25, 0.3) is 0 Å². The van der Waals surface area contributed by atoms with Crippen LogP contribution in [0.5, 0.6) is 5.75 Å². The molecule has 1 fully saturated rings. The van der Waals surface area contributed by atoms with Gasteiger partial charge in [0.1, 0.15) is 11.8 Å². The summed E-state index contributed by atoms with van der Waals surface area (Å²) >= 11 is 1.60. The van der Waals surface area contributed by atoms with Crippen molar-refractivity contribution in [1.82, 2.24) is 10.2 Å². The fourth-order valence-electron chi connectivity index (χ4n) is 2.83. The molecule has 5 nitrogen and oxygen atoms in total. The first-order valence-corrected chi connectivity index (χ1v) is 8.78. The lowest BCUT2D eigenvalue weighted by atomic mass is 10.2. The molecule has 6 heteroatoms. The number of ether oxygens (including phenoxy) is 1. The molecule has 1 saturated heterocycles. The molecule has 3 rings (SSSR count). The third-order valence-electron chi connectivity index (χ3n) is 4.16. The van der Waals surface area contributed by atoms with Crippen LogP contribution < -0.4 is 10.1 Å². The number of amides is 2. The van der Waals surface area contributed by atoms with Crippen LogP contribution in [-0.2, 0) is 22.7 Å². The van der Waals surface area contributed by atoms with Crippen molar-refractivity contribution in [2.75, 3.05) is 7.11 Å². The Hall–Kier alpha value is -2.34. The van der Waals surface area contributed by atoms with Gasteiger partial charge in [-0.2, -0.15) is 0 Å². The molecule has 2 amide bonds. The maximum absolute atomic E-state index is 12.5. The number of methoxy groups -OCH3 is 1. The maximum atomic E-state index is 12.5. The molecular weight excluding hydrogens is 324 g/mol. The third-order valence-corrected chi connectivity index (χ3v) is 5.02. The van der Waals surface area contributed by atoms with Crippen LogP contribution in [0.15, 0.2) is 41.8 Å². The van der Waals surface area contributed by atoms with Crippen molar-refractivity contribution in [2.45, 2.75) is 32.0 Å². The van der Waals surface area contributed by atoms with Crippen LogP contribution in [0.1, 0.15) is 23.3 Å². The van der Waals surface area contributed by atoms with Gasteiger partial charge in [-0.3, -0.25) is 9.59 Å². The lowest BCUT2D eigenvalue weighted by Gasteiger charge is -2.23. The van der Waals surface area contributed by atoms with Gasteiger partial charge >= 0.3 is 0 Å². The summed E-state index contributed by atoms with van der Waals surface area (Å²) in [6, 6.07) is 11.1. The second kappa shape index (κ2) is 7.49. The van der Waals surface area contributed by atoms with Gasteiger partial charge in [0, 0.05) is 17.8 Å². The zero-order chi connectivity index (χ0) is 16.9. The minimum Gasteiger partial charge on any atom is -0.497 e. The molecule has 0 unspecified atom stereocenters. The number of carbonyl (C=O) groups excluding carboxylic acids is 2. The van der Waals surface area contributed by atoms with E-state index in [9.17, 15) is 9.59 Å². The Morgan fingerprint density at radius 1 is 1.33 bits per heavy atom. The van der Waals surface area contributed by atoms with E-state index in [0.29, 0.717) is 25.9 Å². The van der Waals surface area contributed by atoms with Crippen molar-refractivity contribution in [3.8, 4) is 5.75 Å². The molecule has 1 atom stereocenters. The quantitative estimate of drug-likeness (QED) is 0.876. The van der Waals surface area contributed by atoms with Gasteiger partial charge in [0.2, 0.25) is 11.8 Å². The zero-order valence-electron chi connectivity index (χ0n) is 13.5. The highest BCUT2D eigenvalue weighted by Crippen LogP contribution is 2.23. The molecule has 1 aromatic heterocycles. The predicted molar refractivity (Wildman–Crippen MR) is 92.7 cm³/mol. The number of nitrogens with zero attached hydrogens (tertiary/aromatic N) is 1. The van der Waals surface area contributed by atoms with E-state index >= 15 is 0 Å². The molecule has 2 heterocycles. The predicted octanol–water partition coefficient (Wildman–Crippen LogP) is 2.56. The van der Waals surface area contributed by atoms with Crippen LogP contribution in [-0.4, -0.2) is 29.9 Å². The largest absolute Gasteiger partial charge is 0.497 e. The van der Waals surface area contributed by atoms with E-state index in [-0.39, 0.29) is 17.9 Å². The SMILES string of the molecule is COc1ccc(CNC(=O)[C@H]2CCC(=O)N2Cc2cccs2)cc1. The van der Waals surface area contributed by atoms with Gasteiger partial charge in [-0.15, -0.1) is 11.3 Å². The number of benzene rings is 1. The summed E-state index contributed by atoms with van der Waals surface area (Å²) in [5.74, 6) is 0.745. The minimum absolute atomic E-state index is 0.0491. The molecule has 1 aliphatic heterocycles. The molecule has 0 saturated carbocycles. The first kappa shape index (κ1) is 16.5. The second-order valence-corrected chi connectivity index (χ2v) is 6.75. The van der Waals surface area contributed by atoms with Gasteiger partial charge in [0.15, 0.2) is 0 Å². The first-order valence-electron chi connectivity index (χ1n) is 7.90. The lowest BCUT2D eigenvalue weighted by Crippen LogP contribution is -2.43. The molecule has 2 aromatic rings. The van der Waals surface area contributed by atoms with Crippen LogP contribution in [0.2, 0.25) is 0 Å². The molecule has 1 aliphatic rings. The Morgan fingerprint density at radius 3 is 2.79 bits per heavy atom. The molecule has 126 valence electrons. The van der Waals surface area contributed by atoms with Crippen molar-refractivity contribution in [1.29, 1.82) is 0 Å². The fourth-order valence-corrected chi connectivity index (χ4v) is 3.53. The summed E-state index contributed by atoms with van der Waals surface area (Å²) in [6.45, 7) is 0.956. The maximum Gasteiger partial charge on any atom is 0.243 e. The Morgan fingerprint density at radius 2 is 2.12 bits per heavy atom. The van der Waals surface area contributed by atoms with E-state index in [0.717, 1.165) is 16.2 Å². The molecule has 1 N–H and O–H groups in total. The van der Waals surface area contributed by atoms with Gasteiger partial charge in [-0.25, -0.2) is 0 Å². The average Bonchev–Trinajstić information content (AvgIpc) is 3.24. The normalized spacial score (nSPS) is 17.1. The van der Waals surface area contributed by atoms with Crippen molar-refractivity contribution in [3.05, 3.63) is 52.2 Å². The molecule has 0 spiro atoms. The second-order valence-electron chi connectivity index (χ2n) is 5.72. The molecular formula is C18H20N2O3S. The summed E-state index contributed by atoms with van der Waals surface area (Å²) in [7, 11) is 1.62. The highest BCUT2D eigenvalue weighted by Gasteiger charge is 2.35. The van der Waals surface area contributed by atoms with Crippen molar-refractivity contribution in [3.63, 3.8) is 0 Å². The van der Waals surface area contributed by atoms with E-state index in [1.807, 2.05) is 41.8 Å². The molecule has 0 bridgehead atoms. The highest BCUT2D eigenvalue weighted by molar-refractivity contribution is 7.09. The van der Waals surface area contributed by atoms with Crippen LogP contribution in [0, 0.1) is 0 Å². The smallest absolute Gasteiger partial charge is 0.243 e. The van der Waals surface area contributed by atoms with Crippen molar-refractivity contribution in [2.24, 2.45) is 0 Å². The van der Waals surface area contributed by atoms with E-state index in [4.69, 9.17) is 4.74 Å². The van der Waals surface area contributed by atoms with E-state index < -0.39 is 0 Å². The van der Waals surface area contributed by atoms with E-state index in [1.54, 1.807) is 23.3 Å². The van der Waals surface area contributed by atoms with E-state index in [1.165, 1.54) is 0 Å². The summed E-state index contributed by atoms with van der Waals surface area (Å²) in [6.07, 6.45) is 1.02. The number of hydrogen-bond donors (Lipinski definition) is 1. The van der Waals surface area contributed by atoms with Crippen LogP contribution in [0.3, 0.4) is 0 Å². The van der Waals surface area contributed by atoms with Crippen molar-refractivity contribution >= 4 is 23.2 Å². The third kappa shape index (κ3) is 3.76. The standard InChI is InChI=1S/C18H20N2O3S/c1-23-14-6-4-13(5-7-14)11-19-18(22)16-8-9-17(21)20(16)12-15-3-2-10-24-15/h2-7,10,16H,8-9,11-12H2,1H3,(H,19,22)/t16-/m1/s1. The first-order chi connectivity index (χ1) is 11.7. The Bertz CT molecular complexity index is 698. The summed E-state index contributed by atoms with van der Waals surface area (Å²) in [5.41, 5.74) is 0.998.